The molecule has 0 atom stereocenters. The molecule has 1 heterocycles. The van der Waals surface area contributed by atoms with Gasteiger partial charge in [0.2, 0.25) is 0 Å². The Morgan fingerprint density at radius 1 is 1.17 bits per heavy atom. The molecule has 3 rings (SSSR count). The molecule has 1 aromatic heterocycles. The molecular formula is C18H16ClN3O. The van der Waals surface area contributed by atoms with Gasteiger partial charge in [-0.05, 0) is 25.1 Å². The molecule has 0 saturated heterocycles. The Hall–Kier alpha value is -2.59. The Morgan fingerprint density at radius 3 is 2.78 bits per heavy atom. The van der Waals surface area contributed by atoms with E-state index in [1.807, 2.05) is 55.5 Å². The highest BCUT2D eigenvalue weighted by molar-refractivity contribution is 6.33. The van der Waals surface area contributed by atoms with Gasteiger partial charge < -0.3 is 4.74 Å². The minimum atomic E-state index is 0.662. The third-order valence-electron chi connectivity index (χ3n) is 3.44. The third-order valence-corrected chi connectivity index (χ3v) is 3.79. The van der Waals surface area contributed by atoms with E-state index < -0.39 is 0 Å². The van der Waals surface area contributed by atoms with Crippen LogP contribution in [0.2, 0.25) is 5.02 Å². The minimum absolute atomic E-state index is 0.662. The molecule has 0 aliphatic heterocycles. The summed E-state index contributed by atoms with van der Waals surface area (Å²) >= 11 is 6.12. The van der Waals surface area contributed by atoms with Crippen molar-refractivity contribution in [3.8, 4) is 5.75 Å². The van der Waals surface area contributed by atoms with Gasteiger partial charge in [-0.25, -0.2) is 4.98 Å². The van der Waals surface area contributed by atoms with E-state index in [-0.39, 0.29) is 0 Å². The number of fused-ring (bicyclic) bond motifs is 1. The SMILES string of the molecule is COc1cccc2c(N/N=C/c3ccccc3Cl)cc(C)nc12. The lowest BCUT2D eigenvalue weighted by molar-refractivity contribution is 0.419. The number of rotatable bonds is 4. The summed E-state index contributed by atoms with van der Waals surface area (Å²) in [6.45, 7) is 1.94. The molecule has 0 amide bonds. The molecule has 0 aliphatic carbocycles. The first kappa shape index (κ1) is 15.3. The van der Waals surface area contributed by atoms with Crippen LogP contribution in [0, 0.1) is 6.92 Å². The predicted molar refractivity (Wildman–Crippen MR) is 95.7 cm³/mol. The van der Waals surface area contributed by atoms with E-state index in [0.29, 0.717) is 5.02 Å². The molecular weight excluding hydrogens is 310 g/mol. The Kier molecular flexibility index (Phi) is 4.44. The van der Waals surface area contributed by atoms with Crippen LogP contribution in [0.5, 0.6) is 5.75 Å². The van der Waals surface area contributed by atoms with E-state index in [9.17, 15) is 0 Å². The van der Waals surface area contributed by atoms with Gasteiger partial charge in [-0.15, -0.1) is 0 Å². The van der Waals surface area contributed by atoms with Crippen molar-refractivity contribution in [3.05, 3.63) is 64.8 Å². The number of pyridine rings is 1. The summed E-state index contributed by atoms with van der Waals surface area (Å²) in [5.74, 6) is 0.740. The predicted octanol–water partition coefficient (Wildman–Crippen LogP) is 4.65. The maximum atomic E-state index is 6.12. The first-order chi connectivity index (χ1) is 11.2. The van der Waals surface area contributed by atoms with Crippen LogP contribution in [0.15, 0.2) is 53.6 Å². The van der Waals surface area contributed by atoms with E-state index in [2.05, 4.69) is 15.5 Å². The van der Waals surface area contributed by atoms with Gasteiger partial charge in [0, 0.05) is 21.7 Å². The average molecular weight is 326 g/mol. The molecule has 1 N–H and O–H groups in total. The van der Waals surface area contributed by atoms with E-state index in [1.54, 1.807) is 13.3 Å². The zero-order valence-corrected chi connectivity index (χ0v) is 13.6. The second-order valence-corrected chi connectivity index (χ2v) is 5.47. The largest absolute Gasteiger partial charge is 0.494 e. The normalized spacial score (nSPS) is 11.1. The van der Waals surface area contributed by atoms with Crippen molar-refractivity contribution in [1.82, 2.24) is 4.98 Å². The van der Waals surface area contributed by atoms with Crippen molar-refractivity contribution in [1.29, 1.82) is 0 Å². The van der Waals surface area contributed by atoms with Crippen LogP contribution in [0.1, 0.15) is 11.3 Å². The summed E-state index contributed by atoms with van der Waals surface area (Å²) < 4.78 is 5.38. The molecule has 0 unspecified atom stereocenters. The van der Waals surface area contributed by atoms with E-state index in [1.165, 1.54) is 0 Å². The first-order valence-electron chi connectivity index (χ1n) is 7.17. The highest BCUT2D eigenvalue weighted by Gasteiger charge is 2.07. The lowest BCUT2D eigenvalue weighted by Gasteiger charge is -2.10. The van der Waals surface area contributed by atoms with Gasteiger partial charge in [0.15, 0.2) is 0 Å². The quantitative estimate of drug-likeness (QED) is 0.561. The van der Waals surface area contributed by atoms with Gasteiger partial charge in [-0.2, -0.15) is 5.10 Å². The minimum Gasteiger partial charge on any atom is -0.494 e. The summed E-state index contributed by atoms with van der Waals surface area (Å²) in [4.78, 5) is 4.55. The van der Waals surface area contributed by atoms with Crippen molar-refractivity contribution < 1.29 is 4.74 Å². The standard InChI is InChI=1S/C18H16ClN3O/c1-12-10-16(14-7-5-9-17(23-2)18(14)21-12)22-20-11-13-6-3-4-8-15(13)19/h3-11H,1-2H3,(H,21,22)/b20-11+. The molecule has 116 valence electrons. The number of hydrazone groups is 1. The highest BCUT2D eigenvalue weighted by atomic mass is 35.5. The molecule has 5 heteroatoms. The average Bonchev–Trinajstić information content (AvgIpc) is 2.56. The summed E-state index contributed by atoms with van der Waals surface area (Å²) in [6.07, 6.45) is 1.70. The maximum Gasteiger partial charge on any atom is 0.145 e. The summed E-state index contributed by atoms with van der Waals surface area (Å²) in [6, 6.07) is 15.3. The summed E-state index contributed by atoms with van der Waals surface area (Å²) in [7, 11) is 1.64. The van der Waals surface area contributed by atoms with E-state index in [0.717, 1.165) is 33.6 Å². The number of para-hydroxylation sites is 1. The topological polar surface area (TPSA) is 46.5 Å². The monoisotopic (exact) mass is 325 g/mol. The van der Waals surface area contributed by atoms with Crippen molar-refractivity contribution in [2.75, 3.05) is 12.5 Å². The van der Waals surface area contributed by atoms with Crippen LogP contribution in [-0.4, -0.2) is 18.3 Å². The molecule has 0 radical (unpaired) electrons. The number of nitrogens with zero attached hydrogens (tertiary/aromatic N) is 2. The molecule has 0 spiro atoms. The second-order valence-electron chi connectivity index (χ2n) is 5.06. The number of benzene rings is 2. The number of aromatic nitrogens is 1. The van der Waals surface area contributed by atoms with E-state index in [4.69, 9.17) is 16.3 Å². The summed E-state index contributed by atoms with van der Waals surface area (Å²) in [5, 5.41) is 5.90. The van der Waals surface area contributed by atoms with Gasteiger partial charge in [-0.1, -0.05) is 41.9 Å². The van der Waals surface area contributed by atoms with Crippen LogP contribution in [-0.2, 0) is 0 Å². The highest BCUT2D eigenvalue weighted by Crippen LogP contribution is 2.29. The van der Waals surface area contributed by atoms with Crippen LogP contribution in [0.4, 0.5) is 5.69 Å². The molecule has 0 fully saturated rings. The number of methoxy groups -OCH3 is 1. The molecule has 0 bridgehead atoms. The van der Waals surface area contributed by atoms with Crippen molar-refractivity contribution in [2.24, 2.45) is 5.10 Å². The van der Waals surface area contributed by atoms with E-state index >= 15 is 0 Å². The van der Waals surface area contributed by atoms with Crippen LogP contribution >= 0.6 is 11.6 Å². The Balaban J connectivity index is 1.96. The zero-order chi connectivity index (χ0) is 16.2. The zero-order valence-electron chi connectivity index (χ0n) is 12.9. The van der Waals surface area contributed by atoms with Crippen molar-refractivity contribution >= 4 is 34.4 Å². The molecule has 0 saturated carbocycles. The lowest BCUT2D eigenvalue weighted by atomic mass is 10.1. The smallest absolute Gasteiger partial charge is 0.145 e. The van der Waals surface area contributed by atoms with Crippen LogP contribution < -0.4 is 10.2 Å². The van der Waals surface area contributed by atoms with Crippen LogP contribution in [0.25, 0.3) is 10.9 Å². The Labute approximate surface area is 139 Å². The number of anilines is 1. The molecule has 23 heavy (non-hydrogen) atoms. The van der Waals surface area contributed by atoms with Crippen molar-refractivity contribution in [3.63, 3.8) is 0 Å². The molecule has 3 aromatic rings. The fourth-order valence-corrected chi connectivity index (χ4v) is 2.54. The Morgan fingerprint density at radius 2 is 2.00 bits per heavy atom. The summed E-state index contributed by atoms with van der Waals surface area (Å²) in [5.41, 5.74) is 6.49. The number of nitrogens with one attached hydrogen (secondary N) is 1. The van der Waals surface area contributed by atoms with Crippen molar-refractivity contribution in [2.45, 2.75) is 6.92 Å². The number of hydrogen-bond acceptors (Lipinski definition) is 4. The number of ether oxygens (including phenoxy) is 1. The molecule has 2 aromatic carbocycles. The van der Waals surface area contributed by atoms with Gasteiger partial charge >= 0.3 is 0 Å². The van der Waals surface area contributed by atoms with Gasteiger partial charge in [0.05, 0.1) is 19.0 Å². The molecule has 4 nitrogen and oxygen atoms in total. The number of aryl methyl sites for hydroxylation is 1. The second kappa shape index (κ2) is 6.67. The van der Waals surface area contributed by atoms with Gasteiger partial charge in [-0.3, -0.25) is 5.43 Å². The van der Waals surface area contributed by atoms with Gasteiger partial charge in [0.25, 0.3) is 0 Å². The van der Waals surface area contributed by atoms with Crippen LogP contribution in [0.3, 0.4) is 0 Å². The first-order valence-corrected chi connectivity index (χ1v) is 7.55. The Bertz CT molecular complexity index is 877. The molecule has 0 aliphatic rings. The lowest BCUT2D eigenvalue weighted by Crippen LogP contribution is -1.96. The third kappa shape index (κ3) is 3.27. The fraction of sp³-hybridized carbons (Fsp3) is 0.111. The fourth-order valence-electron chi connectivity index (χ4n) is 2.36. The van der Waals surface area contributed by atoms with Gasteiger partial charge in [0.1, 0.15) is 11.3 Å². The number of hydrogen-bond donors (Lipinski definition) is 1. The maximum absolute atomic E-state index is 6.12. The number of halogens is 1.